The zero-order valence-corrected chi connectivity index (χ0v) is 10.3. The maximum absolute atomic E-state index is 13.1. The SMILES string of the molecule is CCC1(NCc2cc(F)ccc2Cl)CCC1. The largest absolute Gasteiger partial charge is 0.307 e. The summed E-state index contributed by atoms with van der Waals surface area (Å²) in [5, 5.41) is 4.15. The minimum absolute atomic E-state index is 0.222. The summed E-state index contributed by atoms with van der Waals surface area (Å²) < 4.78 is 13.1. The van der Waals surface area contributed by atoms with Crippen molar-refractivity contribution in [3.63, 3.8) is 0 Å². The van der Waals surface area contributed by atoms with Gasteiger partial charge in [0, 0.05) is 17.1 Å². The van der Waals surface area contributed by atoms with Gasteiger partial charge in [-0.05, 0) is 49.4 Å². The van der Waals surface area contributed by atoms with Gasteiger partial charge in [-0.3, -0.25) is 0 Å². The van der Waals surface area contributed by atoms with Crippen molar-refractivity contribution >= 4 is 11.6 Å². The molecular formula is C13H17ClFN. The summed E-state index contributed by atoms with van der Waals surface area (Å²) in [6.07, 6.45) is 4.85. The Morgan fingerprint density at radius 3 is 2.75 bits per heavy atom. The molecule has 0 radical (unpaired) electrons. The fourth-order valence-corrected chi connectivity index (χ4v) is 2.40. The Bertz CT molecular complexity index is 369. The molecule has 0 spiro atoms. The first-order valence-electron chi connectivity index (χ1n) is 5.84. The maximum Gasteiger partial charge on any atom is 0.123 e. The van der Waals surface area contributed by atoms with Gasteiger partial charge < -0.3 is 5.32 Å². The van der Waals surface area contributed by atoms with E-state index >= 15 is 0 Å². The molecule has 0 aromatic heterocycles. The molecule has 1 N–H and O–H groups in total. The van der Waals surface area contributed by atoms with Crippen LogP contribution in [0.2, 0.25) is 5.02 Å². The lowest BCUT2D eigenvalue weighted by Crippen LogP contribution is -2.49. The Morgan fingerprint density at radius 1 is 1.44 bits per heavy atom. The molecule has 1 aromatic rings. The number of rotatable bonds is 4. The van der Waals surface area contributed by atoms with E-state index in [1.165, 1.54) is 31.4 Å². The molecule has 88 valence electrons. The van der Waals surface area contributed by atoms with Crippen LogP contribution in [0, 0.1) is 5.82 Å². The average molecular weight is 242 g/mol. The second-order valence-corrected chi connectivity index (χ2v) is 4.98. The summed E-state index contributed by atoms with van der Waals surface area (Å²) in [5.74, 6) is -0.222. The number of hydrogen-bond donors (Lipinski definition) is 1. The first kappa shape index (κ1) is 11.9. The minimum atomic E-state index is -0.222. The molecular weight excluding hydrogens is 225 g/mol. The molecule has 1 saturated carbocycles. The summed E-state index contributed by atoms with van der Waals surface area (Å²) in [6.45, 7) is 2.85. The third-order valence-electron chi connectivity index (χ3n) is 3.65. The van der Waals surface area contributed by atoms with Gasteiger partial charge in [0.15, 0.2) is 0 Å². The maximum atomic E-state index is 13.1. The van der Waals surface area contributed by atoms with Gasteiger partial charge in [-0.2, -0.15) is 0 Å². The fourth-order valence-electron chi connectivity index (χ4n) is 2.22. The van der Waals surface area contributed by atoms with E-state index < -0.39 is 0 Å². The molecule has 16 heavy (non-hydrogen) atoms. The highest BCUT2D eigenvalue weighted by Gasteiger charge is 2.34. The topological polar surface area (TPSA) is 12.0 Å². The third kappa shape index (κ3) is 2.38. The van der Waals surface area contributed by atoms with Crippen molar-refractivity contribution in [2.24, 2.45) is 0 Å². The van der Waals surface area contributed by atoms with Gasteiger partial charge in [0.1, 0.15) is 5.82 Å². The zero-order valence-electron chi connectivity index (χ0n) is 9.52. The first-order chi connectivity index (χ1) is 7.65. The lowest BCUT2D eigenvalue weighted by Gasteiger charge is -2.42. The van der Waals surface area contributed by atoms with Gasteiger partial charge in [-0.25, -0.2) is 4.39 Å². The number of halogens is 2. The standard InChI is InChI=1S/C13H17ClFN/c1-2-13(6-3-7-13)16-9-10-8-11(15)4-5-12(10)14/h4-5,8,16H,2-3,6-7,9H2,1H3. The van der Waals surface area contributed by atoms with Crippen LogP contribution < -0.4 is 5.32 Å². The molecule has 0 aliphatic heterocycles. The van der Waals surface area contributed by atoms with E-state index in [0.29, 0.717) is 11.6 Å². The van der Waals surface area contributed by atoms with Gasteiger partial charge in [0.25, 0.3) is 0 Å². The van der Waals surface area contributed by atoms with Crippen LogP contribution in [0.25, 0.3) is 0 Å². The normalized spacial score (nSPS) is 18.2. The van der Waals surface area contributed by atoms with Crippen LogP contribution in [-0.2, 0) is 6.54 Å². The second kappa shape index (κ2) is 4.72. The quantitative estimate of drug-likeness (QED) is 0.843. The number of benzene rings is 1. The summed E-state index contributed by atoms with van der Waals surface area (Å²) in [5.41, 5.74) is 1.12. The van der Waals surface area contributed by atoms with E-state index in [2.05, 4.69) is 12.2 Å². The highest BCUT2D eigenvalue weighted by molar-refractivity contribution is 6.31. The smallest absolute Gasteiger partial charge is 0.123 e. The summed E-state index contributed by atoms with van der Waals surface area (Å²) >= 11 is 6.02. The average Bonchev–Trinajstić information content (AvgIpc) is 2.22. The molecule has 1 aliphatic rings. The van der Waals surface area contributed by atoms with Crippen LogP contribution >= 0.6 is 11.6 Å². The Hall–Kier alpha value is -0.600. The molecule has 1 aromatic carbocycles. The third-order valence-corrected chi connectivity index (χ3v) is 4.02. The molecule has 1 aliphatic carbocycles. The molecule has 1 nitrogen and oxygen atoms in total. The van der Waals surface area contributed by atoms with E-state index in [0.717, 1.165) is 12.0 Å². The summed E-state index contributed by atoms with van der Waals surface area (Å²) in [7, 11) is 0. The summed E-state index contributed by atoms with van der Waals surface area (Å²) in [4.78, 5) is 0. The lowest BCUT2D eigenvalue weighted by molar-refractivity contribution is 0.175. The molecule has 0 atom stereocenters. The van der Waals surface area contributed by atoms with Crippen molar-refractivity contribution < 1.29 is 4.39 Å². The van der Waals surface area contributed by atoms with Gasteiger partial charge in [-0.15, -0.1) is 0 Å². The Balaban J connectivity index is 2.01. The zero-order chi connectivity index (χ0) is 11.6. The van der Waals surface area contributed by atoms with Crippen molar-refractivity contribution in [2.45, 2.75) is 44.7 Å². The van der Waals surface area contributed by atoms with Crippen LogP contribution in [0.15, 0.2) is 18.2 Å². The molecule has 0 saturated heterocycles. The predicted molar refractivity (Wildman–Crippen MR) is 65.1 cm³/mol. The van der Waals surface area contributed by atoms with E-state index in [4.69, 9.17) is 11.6 Å². The van der Waals surface area contributed by atoms with Crippen LogP contribution in [-0.4, -0.2) is 5.54 Å². The van der Waals surface area contributed by atoms with Crippen molar-refractivity contribution in [3.05, 3.63) is 34.6 Å². The van der Waals surface area contributed by atoms with Crippen molar-refractivity contribution in [2.75, 3.05) is 0 Å². The van der Waals surface area contributed by atoms with Gasteiger partial charge >= 0.3 is 0 Å². The second-order valence-electron chi connectivity index (χ2n) is 4.58. The molecule has 0 bridgehead atoms. The van der Waals surface area contributed by atoms with Crippen molar-refractivity contribution in [3.8, 4) is 0 Å². The van der Waals surface area contributed by atoms with Crippen LogP contribution in [0.4, 0.5) is 4.39 Å². The highest BCUT2D eigenvalue weighted by atomic mass is 35.5. The van der Waals surface area contributed by atoms with Crippen LogP contribution in [0.3, 0.4) is 0 Å². The molecule has 3 heteroatoms. The van der Waals surface area contributed by atoms with Crippen molar-refractivity contribution in [1.29, 1.82) is 0 Å². The Kier molecular flexibility index (Phi) is 3.50. The van der Waals surface area contributed by atoms with Gasteiger partial charge in [0.2, 0.25) is 0 Å². The van der Waals surface area contributed by atoms with Gasteiger partial charge in [-0.1, -0.05) is 18.5 Å². The number of hydrogen-bond acceptors (Lipinski definition) is 1. The van der Waals surface area contributed by atoms with Crippen molar-refractivity contribution in [1.82, 2.24) is 5.32 Å². The lowest BCUT2D eigenvalue weighted by atomic mass is 9.75. The first-order valence-corrected chi connectivity index (χ1v) is 6.22. The Labute approximate surface area is 101 Å². The van der Waals surface area contributed by atoms with E-state index in [1.54, 1.807) is 6.07 Å². The fraction of sp³-hybridized carbons (Fsp3) is 0.538. The molecule has 0 unspecified atom stereocenters. The molecule has 0 heterocycles. The minimum Gasteiger partial charge on any atom is -0.307 e. The van der Waals surface area contributed by atoms with Gasteiger partial charge in [0.05, 0.1) is 0 Å². The van der Waals surface area contributed by atoms with Crippen LogP contribution in [0.1, 0.15) is 38.2 Å². The van der Waals surface area contributed by atoms with Crippen LogP contribution in [0.5, 0.6) is 0 Å². The number of nitrogens with one attached hydrogen (secondary N) is 1. The van der Waals surface area contributed by atoms with E-state index in [1.807, 2.05) is 0 Å². The molecule has 1 fully saturated rings. The molecule has 2 rings (SSSR count). The Morgan fingerprint density at radius 2 is 2.19 bits per heavy atom. The highest BCUT2D eigenvalue weighted by Crippen LogP contribution is 2.35. The van der Waals surface area contributed by atoms with E-state index in [-0.39, 0.29) is 11.4 Å². The van der Waals surface area contributed by atoms with E-state index in [9.17, 15) is 4.39 Å². The molecule has 0 amide bonds. The predicted octanol–water partition coefficient (Wildman–Crippen LogP) is 3.90. The monoisotopic (exact) mass is 241 g/mol. The summed E-state index contributed by atoms with van der Waals surface area (Å²) in [6, 6.07) is 4.52.